The minimum atomic E-state index is -0.953. The van der Waals surface area contributed by atoms with E-state index in [9.17, 15) is 4.79 Å². The molecule has 0 amide bonds. The van der Waals surface area contributed by atoms with Gasteiger partial charge in [-0.05, 0) is 51.7 Å². The van der Waals surface area contributed by atoms with E-state index in [2.05, 4.69) is 23.3 Å². The average molecular weight is 589 g/mol. The molecule has 1 N–H and O–H groups in total. The van der Waals surface area contributed by atoms with Crippen molar-refractivity contribution in [1.82, 2.24) is 0 Å². The lowest BCUT2D eigenvalue weighted by atomic mass is 10.0. The molecule has 0 aliphatic carbocycles. The van der Waals surface area contributed by atoms with Crippen molar-refractivity contribution < 1.29 is 47.8 Å². The zero-order valence-corrected chi connectivity index (χ0v) is 26.2. The second-order valence-electron chi connectivity index (χ2n) is 9.66. The van der Waals surface area contributed by atoms with Crippen molar-refractivity contribution in [2.45, 2.75) is 84.2 Å². The number of para-hydroxylation sites is 1. The van der Waals surface area contributed by atoms with Gasteiger partial charge < -0.3 is 43.0 Å². The van der Waals surface area contributed by atoms with Gasteiger partial charge in [-0.25, -0.2) is 4.79 Å². The maximum Gasteiger partial charge on any atom is 0.329 e. The molecule has 0 bridgehead atoms. The molecular formula is C31H56O10. The zero-order chi connectivity index (χ0) is 30.6. The largest absolute Gasteiger partial charge is 0.491 e. The topological polar surface area (TPSA) is 111 Å². The summed E-state index contributed by atoms with van der Waals surface area (Å²) in [4.78, 5) is 9.80. The third kappa shape index (κ3) is 25.6. The number of hydrogen-bond acceptors (Lipinski definition) is 9. The van der Waals surface area contributed by atoms with Gasteiger partial charge in [0, 0.05) is 14.2 Å². The number of carboxylic acids is 1. The lowest BCUT2D eigenvalue weighted by molar-refractivity contribution is -0.142. The Hall–Kier alpha value is -1.79. The monoisotopic (exact) mass is 588 g/mol. The molecule has 10 heteroatoms. The van der Waals surface area contributed by atoms with Crippen LogP contribution >= 0.6 is 0 Å². The van der Waals surface area contributed by atoms with Gasteiger partial charge in [-0.15, -0.1) is 0 Å². The van der Waals surface area contributed by atoms with Gasteiger partial charge in [0.2, 0.25) is 0 Å². The fourth-order valence-electron chi connectivity index (χ4n) is 3.75. The summed E-state index contributed by atoms with van der Waals surface area (Å²) >= 11 is 0. The molecule has 240 valence electrons. The molecule has 0 aromatic heterocycles. The molecule has 0 heterocycles. The normalized spacial score (nSPS) is 13.3. The van der Waals surface area contributed by atoms with Gasteiger partial charge >= 0.3 is 5.97 Å². The van der Waals surface area contributed by atoms with Crippen LogP contribution in [0, 0.1) is 0 Å². The van der Waals surface area contributed by atoms with Crippen LogP contribution in [0.25, 0.3) is 0 Å². The lowest BCUT2D eigenvalue weighted by Gasteiger charge is -2.27. The van der Waals surface area contributed by atoms with Gasteiger partial charge in [0.1, 0.15) is 19.0 Å². The molecule has 10 nitrogen and oxygen atoms in total. The van der Waals surface area contributed by atoms with Gasteiger partial charge in [-0.2, -0.15) is 0 Å². The molecule has 1 aromatic carbocycles. The predicted octanol–water partition coefficient (Wildman–Crippen LogP) is 5.02. The molecule has 0 spiro atoms. The van der Waals surface area contributed by atoms with E-state index in [-0.39, 0.29) is 31.0 Å². The van der Waals surface area contributed by atoms with Crippen LogP contribution in [0.3, 0.4) is 0 Å². The van der Waals surface area contributed by atoms with E-state index < -0.39 is 5.97 Å². The fraction of sp³-hybridized carbons (Fsp3) is 0.774. The van der Waals surface area contributed by atoms with Crippen LogP contribution in [-0.4, -0.2) is 109 Å². The molecule has 41 heavy (non-hydrogen) atoms. The third-order valence-corrected chi connectivity index (χ3v) is 5.75. The number of methoxy groups -OCH3 is 2. The summed E-state index contributed by atoms with van der Waals surface area (Å²) < 4.78 is 44.2. The summed E-state index contributed by atoms with van der Waals surface area (Å²) in [6, 6.07) is 9.83. The Labute approximate surface area is 247 Å². The Kier molecular flexibility index (Phi) is 27.1. The Morgan fingerprint density at radius 1 is 0.732 bits per heavy atom. The second-order valence-corrected chi connectivity index (χ2v) is 9.66. The summed E-state index contributed by atoms with van der Waals surface area (Å²) in [5.41, 5.74) is 0. The summed E-state index contributed by atoms with van der Waals surface area (Å²) in [5.74, 6) is -0.0859. The van der Waals surface area contributed by atoms with E-state index in [4.69, 9.17) is 33.5 Å². The van der Waals surface area contributed by atoms with Gasteiger partial charge in [0.05, 0.1) is 70.7 Å². The zero-order valence-electron chi connectivity index (χ0n) is 26.2. The molecule has 3 atom stereocenters. The molecule has 0 saturated heterocycles. The highest BCUT2D eigenvalue weighted by molar-refractivity contribution is 5.67. The first-order valence-corrected chi connectivity index (χ1v) is 14.8. The second kappa shape index (κ2) is 28.3. The van der Waals surface area contributed by atoms with Crippen LogP contribution in [0.2, 0.25) is 0 Å². The summed E-state index contributed by atoms with van der Waals surface area (Å²) in [7, 11) is 3.23. The Bertz CT molecular complexity index is 689. The van der Waals surface area contributed by atoms with Crippen LogP contribution in [0.4, 0.5) is 0 Å². The highest BCUT2D eigenvalue weighted by Gasteiger charge is 2.21. The van der Waals surface area contributed by atoms with Crippen molar-refractivity contribution in [1.29, 1.82) is 0 Å². The van der Waals surface area contributed by atoms with Gasteiger partial charge in [0.15, 0.2) is 0 Å². The smallest absolute Gasteiger partial charge is 0.329 e. The molecule has 0 fully saturated rings. The van der Waals surface area contributed by atoms with Crippen molar-refractivity contribution in [3.05, 3.63) is 30.3 Å². The fourth-order valence-corrected chi connectivity index (χ4v) is 3.75. The number of aliphatic carboxylic acids is 1. The highest BCUT2D eigenvalue weighted by Crippen LogP contribution is 2.19. The van der Waals surface area contributed by atoms with Crippen molar-refractivity contribution in [2.75, 3.05) is 73.7 Å². The van der Waals surface area contributed by atoms with Crippen molar-refractivity contribution in [2.24, 2.45) is 0 Å². The summed E-state index contributed by atoms with van der Waals surface area (Å²) in [6.07, 6.45) is 5.23. The number of carbonyl (C=O) groups is 1. The first kappa shape index (κ1) is 39.2. The average Bonchev–Trinajstić information content (AvgIpc) is 2.95. The van der Waals surface area contributed by atoms with Crippen LogP contribution in [0.5, 0.6) is 5.75 Å². The minimum absolute atomic E-state index is 0.0600. The van der Waals surface area contributed by atoms with Crippen LogP contribution in [-0.2, 0) is 38.0 Å². The first-order chi connectivity index (χ1) is 19.9. The quantitative estimate of drug-likeness (QED) is 0.148. The Morgan fingerprint density at radius 2 is 1.29 bits per heavy atom. The van der Waals surface area contributed by atoms with E-state index >= 15 is 0 Å². The van der Waals surface area contributed by atoms with Crippen LogP contribution in [0.1, 0.15) is 59.8 Å². The van der Waals surface area contributed by atoms with Crippen LogP contribution in [0.15, 0.2) is 30.3 Å². The predicted molar refractivity (Wildman–Crippen MR) is 159 cm³/mol. The molecule has 1 aromatic rings. The Morgan fingerprint density at radius 3 is 1.90 bits per heavy atom. The highest BCUT2D eigenvalue weighted by atomic mass is 16.6. The van der Waals surface area contributed by atoms with Crippen LogP contribution < -0.4 is 4.74 Å². The summed E-state index contributed by atoms with van der Waals surface area (Å²) in [6.45, 7) is 12.4. The molecular weight excluding hydrogens is 532 g/mol. The third-order valence-electron chi connectivity index (χ3n) is 5.75. The lowest BCUT2D eigenvalue weighted by Crippen LogP contribution is -2.30. The molecule has 0 aliphatic heterocycles. The van der Waals surface area contributed by atoms with E-state index in [0.717, 1.165) is 37.9 Å². The van der Waals surface area contributed by atoms with Crippen molar-refractivity contribution in [3.8, 4) is 5.75 Å². The van der Waals surface area contributed by atoms with Crippen molar-refractivity contribution >= 4 is 5.97 Å². The maximum absolute atomic E-state index is 9.80. The standard InChI is InChI=1S/C26H46O6.C5H10O4/c1-6-11-25(31-15-14-27-5)21-26(32-17-16-28-22(3)4)20-23(7-2)29-18-19-30-24-12-9-8-10-13-24;1-8-2-3-9-4-5(6)7/h8-10,12-13,22-23,25-26H,6-7,11,14-21H2,1-5H3;2-4H2,1H3,(H,6,7). The molecule has 0 saturated carbocycles. The van der Waals surface area contributed by atoms with E-state index in [1.807, 2.05) is 44.2 Å². The molecule has 0 radical (unpaired) electrons. The minimum Gasteiger partial charge on any atom is -0.491 e. The van der Waals surface area contributed by atoms with Crippen molar-refractivity contribution in [3.63, 3.8) is 0 Å². The molecule has 3 unspecified atom stereocenters. The number of rotatable bonds is 26. The van der Waals surface area contributed by atoms with E-state index in [1.54, 1.807) is 7.11 Å². The number of benzene rings is 1. The molecule has 1 rings (SSSR count). The summed E-state index contributed by atoms with van der Waals surface area (Å²) in [5, 5.41) is 8.05. The number of hydrogen-bond donors (Lipinski definition) is 1. The maximum atomic E-state index is 9.80. The van der Waals surface area contributed by atoms with E-state index in [0.29, 0.717) is 52.9 Å². The van der Waals surface area contributed by atoms with Gasteiger partial charge in [-0.1, -0.05) is 38.5 Å². The SMILES string of the molecule is CCCC(CC(CC(CC)OCCOc1ccccc1)OCCOC(C)C)OCCOC.COCCOCC(=O)O. The van der Waals surface area contributed by atoms with Gasteiger partial charge in [0.25, 0.3) is 0 Å². The molecule has 0 aliphatic rings. The Balaban J connectivity index is 0.00000152. The van der Waals surface area contributed by atoms with Gasteiger partial charge in [-0.3, -0.25) is 0 Å². The number of ether oxygens (including phenoxy) is 8. The first-order valence-electron chi connectivity index (χ1n) is 14.8. The van der Waals surface area contributed by atoms with E-state index in [1.165, 1.54) is 7.11 Å². The number of carboxylic acid groups (broad SMARTS) is 1.